The SMILES string of the molecule is CC(Cn1cccn1)n1c(CCCl)nc2cc(I)ccc21. The fourth-order valence-electron chi connectivity index (χ4n) is 2.64. The second-order valence-electron chi connectivity index (χ2n) is 5.05. The van der Waals surface area contributed by atoms with Crippen LogP contribution in [0.2, 0.25) is 0 Å². The molecule has 21 heavy (non-hydrogen) atoms. The van der Waals surface area contributed by atoms with Gasteiger partial charge in [-0.15, -0.1) is 11.6 Å². The van der Waals surface area contributed by atoms with E-state index >= 15 is 0 Å². The third kappa shape index (κ3) is 3.08. The first-order chi connectivity index (χ1) is 10.2. The van der Waals surface area contributed by atoms with E-state index in [0.717, 1.165) is 29.8 Å². The highest BCUT2D eigenvalue weighted by atomic mass is 127. The molecule has 1 atom stereocenters. The fourth-order valence-corrected chi connectivity index (χ4v) is 3.28. The van der Waals surface area contributed by atoms with Gasteiger partial charge in [0, 0.05) is 28.3 Å². The van der Waals surface area contributed by atoms with E-state index in [1.165, 1.54) is 3.57 Å². The smallest absolute Gasteiger partial charge is 0.111 e. The molecule has 0 radical (unpaired) electrons. The lowest BCUT2D eigenvalue weighted by Crippen LogP contribution is -2.16. The molecule has 110 valence electrons. The normalized spacial score (nSPS) is 12.9. The Morgan fingerprint density at radius 2 is 2.24 bits per heavy atom. The van der Waals surface area contributed by atoms with Gasteiger partial charge in [0.05, 0.1) is 23.6 Å². The van der Waals surface area contributed by atoms with Crippen LogP contribution in [0.3, 0.4) is 0 Å². The summed E-state index contributed by atoms with van der Waals surface area (Å²) < 4.78 is 5.44. The van der Waals surface area contributed by atoms with Crippen LogP contribution in [0.1, 0.15) is 18.8 Å². The number of halogens is 2. The molecule has 0 aliphatic carbocycles. The van der Waals surface area contributed by atoms with Crippen LogP contribution in [-0.4, -0.2) is 25.2 Å². The van der Waals surface area contributed by atoms with Crippen LogP contribution in [0.5, 0.6) is 0 Å². The second-order valence-corrected chi connectivity index (χ2v) is 6.67. The summed E-state index contributed by atoms with van der Waals surface area (Å²) in [5.74, 6) is 1.62. The molecule has 6 heteroatoms. The Morgan fingerprint density at radius 3 is 2.95 bits per heavy atom. The van der Waals surface area contributed by atoms with Crippen LogP contribution in [0.15, 0.2) is 36.7 Å². The lowest BCUT2D eigenvalue weighted by molar-refractivity contribution is 0.435. The van der Waals surface area contributed by atoms with Crippen LogP contribution in [0.4, 0.5) is 0 Å². The molecule has 0 bridgehead atoms. The predicted octanol–water partition coefficient (Wildman–Crippen LogP) is 3.88. The highest BCUT2D eigenvalue weighted by Gasteiger charge is 2.16. The summed E-state index contributed by atoms with van der Waals surface area (Å²) in [4.78, 5) is 4.76. The number of benzene rings is 1. The summed E-state index contributed by atoms with van der Waals surface area (Å²) in [7, 11) is 0. The molecule has 1 unspecified atom stereocenters. The number of aromatic nitrogens is 4. The maximum Gasteiger partial charge on any atom is 0.111 e. The molecule has 2 heterocycles. The van der Waals surface area contributed by atoms with Crippen LogP contribution in [0, 0.1) is 3.57 Å². The second kappa shape index (κ2) is 6.36. The van der Waals surface area contributed by atoms with E-state index in [0.29, 0.717) is 5.88 Å². The van der Waals surface area contributed by atoms with Gasteiger partial charge in [-0.05, 0) is 53.8 Å². The van der Waals surface area contributed by atoms with E-state index in [-0.39, 0.29) is 6.04 Å². The van der Waals surface area contributed by atoms with Crippen molar-refractivity contribution in [1.29, 1.82) is 0 Å². The quantitative estimate of drug-likeness (QED) is 0.469. The van der Waals surface area contributed by atoms with E-state index in [4.69, 9.17) is 16.6 Å². The van der Waals surface area contributed by atoms with Gasteiger partial charge in [-0.3, -0.25) is 4.68 Å². The average Bonchev–Trinajstić information content (AvgIpc) is 3.05. The molecule has 0 spiro atoms. The molecule has 1 aromatic carbocycles. The van der Waals surface area contributed by atoms with Crippen LogP contribution in [0.25, 0.3) is 11.0 Å². The van der Waals surface area contributed by atoms with Gasteiger partial charge in [0.2, 0.25) is 0 Å². The van der Waals surface area contributed by atoms with E-state index in [1.54, 1.807) is 6.20 Å². The summed E-state index contributed by atoms with van der Waals surface area (Å²) in [6.45, 7) is 3.01. The Balaban J connectivity index is 2.03. The number of aryl methyl sites for hydroxylation is 1. The van der Waals surface area contributed by atoms with Crippen molar-refractivity contribution in [1.82, 2.24) is 19.3 Å². The molecular formula is C15H16ClIN4. The number of imidazole rings is 1. The molecule has 0 fully saturated rings. The Hall–Kier alpha value is -1.08. The molecule has 0 aliphatic heterocycles. The first kappa shape index (κ1) is 14.8. The molecule has 3 rings (SSSR count). The van der Waals surface area contributed by atoms with Crippen molar-refractivity contribution in [3.8, 4) is 0 Å². The number of alkyl halides is 1. The summed E-state index contributed by atoms with van der Waals surface area (Å²) >= 11 is 8.26. The minimum atomic E-state index is 0.271. The zero-order chi connectivity index (χ0) is 14.8. The number of fused-ring (bicyclic) bond motifs is 1. The summed E-state index contributed by atoms with van der Waals surface area (Å²) in [6, 6.07) is 8.59. The highest BCUT2D eigenvalue weighted by molar-refractivity contribution is 14.1. The van der Waals surface area contributed by atoms with Crippen molar-refractivity contribution in [2.45, 2.75) is 25.9 Å². The summed E-state index contributed by atoms with van der Waals surface area (Å²) in [6.07, 6.45) is 4.57. The highest BCUT2D eigenvalue weighted by Crippen LogP contribution is 2.24. The Morgan fingerprint density at radius 1 is 1.38 bits per heavy atom. The van der Waals surface area contributed by atoms with Gasteiger partial charge in [0.25, 0.3) is 0 Å². The Kier molecular flexibility index (Phi) is 4.49. The van der Waals surface area contributed by atoms with Gasteiger partial charge in [0.15, 0.2) is 0 Å². The largest absolute Gasteiger partial charge is 0.323 e. The van der Waals surface area contributed by atoms with Gasteiger partial charge < -0.3 is 4.57 Å². The van der Waals surface area contributed by atoms with E-state index in [2.05, 4.69) is 57.4 Å². The summed E-state index contributed by atoms with van der Waals surface area (Å²) in [5.41, 5.74) is 2.20. The van der Waals surface area contributed by atoms with Gasteiger partial charge in [-0.1, -0.05) is 0 Å². The van der Waals surface area contributed by atoms with Gasteiger partial charge in [-0.25, -0.2) is 4.98 Å². The topological polar surface area (TPSA) is 35.6 Å². The minimum absolute atomic E-state index is 0.271. The zero-order valence-electron chi connectivity index (χ0n) is 11.7. The van der Waals surface area contributed by atoms with Gasteiger partial charge in [-0.2, -0.15) is 5.10 Å². The lowest BCUT2D eigenvalue weighted by Gasteiger charge is -2.17. The van der Waals surface area contributed by atoms with Gasteiger partial charge in [0.1, 0.15) is 5.82 Å². The molecule has 4 nitrogen and oxygen atoms in total. The zero-order valence-corrected chi connectivity index (χ0v) is 14.6. The maximum absolute atomic E-state index is 5.94. The van der Waals surface area contributed by atoms with Crippen molar-refractivity contribution in [3.63, 3.8) is 0 Å². The molecule has 0 N–H and O–H groups in total. The maximum atomic E-state index is 5.94. The van der Waals surface area contributed by atoms with Crippen LogP contribution >= 0.6 is 34.2 Å². The van der Waals surface area contributed by atoms with Crippen molar-refractivity contribution in [2.24, 2.45) is 0 Å². The van der Waals surface area contributed by atoms with E-state index < -0.39 is 0 Å². The standard InChI is InChI=1S/C15H16ClIN4/c1-11(10-20-8-2-7-18-20)21-14-4-3-12(17)9-13(14)19-15(21)5-6-16/h2-4,7-9,11H,5-6,10H2,1H3. The van der Waals surface area contributed by atoms with Crippen molar-refractivity contribution >= 4 is 45.2 Å². The first-order valence-corrected chi connectivity index (χ1v) is 8.50. The number of hydrogen-bond acceptors (Lipinski definition) is 2. The van der Waals surface area contributed by atoms with E-state index in [1.807, 2.05) is 16.9 Å². The lowest BCUT2D eigenvalue weighted by atomic mass is 10.2. The third-order valence-corrected chi connectivity index (χ3v) is 4.35. The predicted molar refractivity (Wildman–Crippen MR) is 93.8 cm³/mol. The molecule has 0 aliphatic rings. The molecule has 3 aromatic rings. The van der Waals surface area contributed by atoms with Gasteiger partial charge >= 0.3 is 0 Å². The van der Waals surface area contributed by atoms with E-state index in [9.17, 15) is 0 Å². The molecule has 2 aromatic heterocycles. The van der Waals surface area contributed by atoms with Crippen molar-refractivity contribution in [3.05, 3.63) is 46.1 Å². The van der Waals surface area contributed by atoms with Crippen molar-refractivity contribution < 1.29 is 0 Å². The van der Waals surface area contributed by atoms with Crippen LogP contribution in [-0.2, 0) is 13.0 Å². The first-order valence-electron chi connectivity index (χ1n) is 6.89. The number of rotatable bonds is 5. The third-order valence-electron chi connectivity index (χ3n) is 3.49. The van der Waals surface area contributed by atoms with Crippen molar-refractivity contribution in [2.75, 3.05) is 5.88 Å². The minimum Gasteiger partial charge on any atom is -0.323 e. The Bertz CT molecular complexity index is 736. The number of hydrogen-bond donors (Lipinski definition) is 0. The number of nitrogens with zero attached hydrogens (tertiary/aromatic N) is 4. The molecule has 0 saturated carbocycles. The fraction of sp³-hybridized carbons (Fsp3) is 0.333. The molecular weight excluding hydrogens is 399 g/mol. The molecule has 0 amide bonds. The molecule has 0 saturated heterocycles. The monoisotopic (exact) mass is 414 g/mol. The average molecular weight is 415 g/mol. The Labute approximate surface area is 142 Å². The summed E-state index contributed by atoms with van der Waals surface area (Å²) in [5, 5.41) is 4.29. The van der Waals surface area contributed by atoms with Crippen LogP contribution < -0.4 is 0 Å².